The van der Waals surface area contributed by atoms with E-state index in [0.717, 1.165) is 0 Å². The summed E-state index contributed by atoms with van der Waals surface area (Å²) in [5.74, 6) is 0. The van der Waals surface area contributed by atoms with E-state index in [4.69, 9.17) is 16.3 Å². The van der Waals surface area contributed by atoms with Crippen molar-refractivity contribution in [3.63, 3.8) is 0 Å². The summed E-state index contributed by atoms with van der Waals surface area (Å²) in [5, 5.41) is 0.145. The number of nitrogens with zero attached hydrogens (tertiary/aromatic N) is 2. The number of pyridine rings is 1. The molecule has 3 heterocycles. The monoisotopic (exact) mass is 526 g/mol. The number of carbonyl (C=O) groups excluding carboxylic acids is 1. The van der Waals surface area contributed by atoms with Gasteiger partial charge in [0.15, 0.2) is 6.10 Å². The van der Waals surface area contributed by atoms with Crippen molar-refractivity contribution < 1.29 is 35.9 Å². The molecule has 2 aliphatic rings. The highest BCUT2D eigenvalue weighted by molar-refractivity contribution is 9.10. The van der Waals surface area contributed by atoms with Crippen molar-refractivity contribution in [2.45, 2.75) is 30.5 Å². The van der Waals surface area contributed by atoms with E-state index in [-0.39, 0.29) is 11.2 Å². The third-order valence-electron chi connectivity index (χ3n) is 4.97. The lowest BCUT2D eigenvalue weighted by Crippen LogP contribution is -2.31. The Labute approximate surface area is 184 Å². The molecule has 1 aromatic carbocycles. The van der Waals surface area contributed by atoms with Crippen LogP contribution in [0.2, 0.25) is 5.15 Å². The van der Waals surface area contributed by atoms with E-state index in [1.165, 1.54) is 23.2 Å². The fourth-order valence-electron chi connectivity index (χ4n) is 3.63. The molecule has 164 valence electrons. The molecule has 2 aromatic rings. The van der Waals surface area contributed by atoms with E-state index < -0.39 is 53.3 Å². The second-order valence-electron chi connectivity index (χ2n) is 6.90. The second-order valence-corrected chi connectivity index (χ2v) is 8.14. The molecule has 4 nitrogen and oxygen atoms in total. The van der Waals surface area contributed by atoms with Gasteiger partial charge in [0.2, 0.25) is 0 Å². The maximum Gasteiger partial charge on any atom is 0.416 e. The molecule has 1 amide bonds. The van der Waals surface area contributed by atoms with Gasteiger partial charge in [-0.2, -0.15) is 26.3 Å². The Morgan fingerprint density at radius 2 is 1.61 bits per heavy atom. The standard InChI is InChI=1S/C19H10BrClF6N2O2/c20-12-7-28-15(21)6-11(12)13-1-2-14-16(31-17(30)29(13)14)8-3-9(18(22,23)24)5-10(4-8)19(25,26)27/h1-7,13-14,16H. The van der Waals surface area contributed by atoms with Crippen LogP contribution in [0.25, 0.3) is 0 Å². The molecule has 1 fully saturated rings. The van der Waals surface area contributed by atoms with Crippen molar-refractivity contribution in [3.05, 3.63) is 74.5 Å². The Balaban J connectivity index is 1.74. The maximum atomic E-state index is 13.2. The van der Waals surface area contributed by atoms with Crippen LogP contribution in [-0.2, 0) is 17.1 Å². The molecule has 4 rings (SSSR count). The summed E-state index contributed by atoms with van der Waals surface area (Å²) in [5.41, 5.74) is -2.82. The highest BCUT2D eigenvalue weighted by Gasteiger charge is 2.49. The molecule has 0 N–H and O–H groups in total. The molecule has 0 aliphatic carbocycles. The van der Waals surface area contributed by atoms with Crippen LogP contribution in [0, 0.1) is 0 Å². The summed E-state index contributed by atoms with van der Waals surface area (Å²) in [4.78, 5) is 17.7. The summed E-state index contributed by atoms with van der Waals surface area (Å²) < 4.78 is 85.0. The van der Waals surface area contributed by atoms with Gasteiger partial charge in [0.05, 0.1) is 23.2 Å². The number of carbonyl (C=O) groups is 1. The highest BCUT2D eigenvalue weighted by Crippen LogP contribution is 2.46. The lowest BCUT2D eigenvalue weighted by atomic mass is 9.97. The van der Waals surface area contributed by atoms with Gasteiger partial charge in [-0.1, -0.05) is 23.8 Å². The van der Waals surface area contributed by atoms with Crippen LogP contribution in [0.15, 0.2) is 47.1 Å². The smallest absolute Gasteiger partial charge is 0.416 e. The Kier molecular flexibility index (Phi) is 5.24. The predicted molar refractivity (Wildman–Crippen MR) is 100 cm³/mol. The zero-order chi connectivity index (χ0) is 22.7. The zero-order valence-electron chi connectivity index (χ0n) is 15.0. The molecule has 3 atom stereocenters. The third kappa shape index (κ3) is 4.00. The molecule has 0 saturated carbocycles. The minimum atomic E-state index is -5.01. The van der Waals surface area contributed by atoms with Crippen LogP contribution < -0.4 is 0 Å². The van der Waals surface area contributed by atoms with Crippen LogP contribution in [0.4, 0.5) is 31.1 Å². The second kappa shape index (κ2) is 7.40. The number of aromatic nitrogens is 1. The average molecular weight is 528 g/mol. The van der Waals surface area contributed by atoms with Gasteiger partial charge in [0.1, 0.15) is 5.15 Å². The summed E-state index contributed by atoms with van der Waals surface area (Å²) in [6.45, 7) is 0. The summed E-state index contributed by atoms with van der Waals surface area (Å²) in [6, 6.07) is 1.07. The van der Waals surface area contributed by atoms with E-state index >= 15 is 0 Å². The number of amides is 1. The summed E-state index contributed by atoms with van der Waals surface area (Å²) in [6.07, 6.45) is -7.72. The fourth-order valence-corrected chi connectivity index (χ4v) is 4.24. The number of fused-ring (bicyclic) bond motifs is 1. The van der Waals surface area contributed by atoms with E-state index in [2.05, 4.69) is 20.9 Å². The summed E-state index contributed by atoms with van der Waals surface area (Å²) in [7, 11) is 0. The number of alkyl halides is 6. The lowest BCUT2D eigenvalue weighted by molar-refractivity contribution is -0.143. The lowest BCUT2D eigenvalue weighted by Gasteiger charge is -2.24. The van der Waals surface area contributed by atoms with Crippen LogP contribution in [0.1, 0.15) is 34.4 Å². The minimum Gasteiger partial charge on any atom is -0.439 e. The third-order valence-corrected chi connectivity index (χ3v) is 5.84. The number of rotatable bonds is 2. The van der Waals surface area contributed by atoms with Crippen LogP contribution in [0.3, 0.4) is 0 Å². The maximum absolute atomic E-state index is 13.2. The minimum absolute atomic E-state index is 0.0292. The van der Waals surface area contributed by atoms with Gasteiger partial charge in [0.25, 0.3) is 0 Å². The Morgan fingerprint density at radius 1 is 1.00 bits per heavy atom. The Bertz CT molecular complexity index is 1060. The molecule has 2 aliphatic heterocycles. The Morgan fingerprint density at radius 3 is 2.19 bits per heavy atom. The molecule has 0 bridgehead atoms. The van der Waals surface area contributed by atoms with Crippen molar-refractivity contribution in [1.82, 2.24) is 9.88 Å². The largest absolute Gasteiger partial charge is 0.439 e. The molecular formula is C19H10BrClF6N2O2. The number of hydrogen-bond donors (Lipinski definition) is 0. The van der Waals surface area contributed by atoms with Gasteiger partial charge in [0, 0.05) is 10.7 Å². The van der Waals surface area contributed by atoms with E-state index in [1.54, 1.807) is 6.08 Å². The fraction of sp³-hybridized carbons (Fsp3) is 0.263. The summed E-state index contributed by atoms with van der Waals surface area (Å²) >= 11 is 9.21. The van der Waals surface area contributed by atoms with Crippen molar-refractivity contribution >= 4 is 33.6 Å². The first kappa shape index (κ1) is 21.9. The number of ether oxygens (including phenoxy) is 1. The quantitative estimate of drug-likeness (QED) is 0.248. The van der Waals surface area contributed by atoms with Gasteiger partial charge in [-0.05, 0) is 51.3 Å². The molecule has 1 aromatic heterocycles. The first-order valence-electron chi connectivity index (χ1n) is 8.64. The van der Waals surface area contributed by atoms with E-state index in [0.29, 0.717) is 22.2 Å². The Hall–Kier alpha value is -2.27. The van der Waals surface area contributed by atoms with Crippen molar-refractivity contribution in [1.29, 1.82) is 0 Å². The van der Waals surface area contributed by atoms with E-state index in [9.17, 15) is 31.1 Å². The van der Waals surface area contributed by atoms with Crippen molar-refractivity contribution in [3.8, 4) is 0 Å². The molecule has 0 radical (unpaired) electrons. The van der Waals surface area contributed by atoms with Gasteiger partial charge in [-0.25, -0.2) is 9.78 Å². The van der Waals surface area contributed by atoms with Crippen molar-refractivity contribution in [2.24, 2.45) is 0 Å². The van der Waals surface area contributed by atoms with Gasteiger partial charge < -0.3 is 4.74 Å². The average Bonchev–Trinajstić information content (AvgIpc) is 3.23. The van der Waals surface area contributed by atoms with Crippen LogP contribution >= 0.6 is 27.5 Å². The zero-order valence-corrected chi connectivity index (χ0v) is 17.4. The van der Waals surface area contributed by atoms with Gasteiger partial charge in [-0.15, -0.1) is 0 Å². The number of cyclic esters (lactones) is 1. The topological polar surface area (TPSA) is 42.4 Å². The van der Waals surface area contributed by atoms with Gasteiger partial charge >= 0.3 is 18.4 Å². The van der Waals surface area contributed by atoms with Gasteiger partial charge in [-0.3, -0.25) is 4.90 Å². The molecule has 31 heavy (non-hydrogen) atoms. The molecule has 0 spiro atoms. The highest BCUT2D eigenvalue weighted by atomic mass is 79.9. The van der Waals surface area contributed by atoms with Crippen LogP contribution in [-0.4, -0.2) is 22.0 Å². The van der Waals surface area contributed by atoms with Crippen LogP contribution in [0.5, 0.6) is 0 Å². The molecule has 1 saturated heterocycles. The molecule has 12 heteroatoms. The number of halogens is 8. The SMILES string of the molecule is O=C1OC(c2cc(C(F)(F)F)cc(C(F)(F)F)c2)C2C=CC(c3cc(Cl)ncc3Br)N12. The number of hydrogen-bond acceptors (Lipinski definition) is 3. The normalized spacial score (nSPS) is 23.3. The van der Waals surface area contributed by atoms with Crippen molar-refractivity contribution in [2.75, 3.05) is 0 Å². The molecule has 3 unspecified atom stereocenters. The molecular weight excluding hydrogens is 518 g/mol. The first-order valence-corrected chi connectivity index (χ1v) is 9.81. The first-order chi connectivity index (χ1) is 14.4. The van der Waals surface area contributed by atoms with E-state index in [1.807, 2.05) is 0 Å². The predicted octanol–water partition coefficient (Wildman–Crippen LogP) is 6.71. The number of benzene rings is 1.